The second-order valence-corrected chi connectivity index (χ2v) is 3.90. The van der Waals surface area contributed by atoms with Gasteiger partial charge in [0.05, 0.1) is 29.2 Å². The highest BCUT2D eigenvalue weighted by molar-refractivity contribution is 5.90. The van der Waals surface area contributed by atoms with Gasteiger partial charge in [0.1, 0.15) is 0 Å². The highest BCUT2D eigenvalue weighted by Gasteiger charge is 2.07. The lowest BCUT2D eigenvalue weighted by molar-refractivity contribution is 0.0697. The van der Waals surface area contributed by atoms with E-state index >= 15 is 0 Å². The fraction of sp³-hybridized carbons (Fsp3) is 0.167. The highest BCUT2D eigenvalue weighted by atomic mass is 16.5. The van der Waals surface area contributed by atoms with E-state index in [0.29, 0.717) is 23.7 Å². The third-order valence-corrected chi connectivity index (χ3v) is 2.43. The molecule has 2 rings (SSSR count). The van der Waals surface area contributed by atoms with Gasteiger partial charge in [0.15, 0.2) is 5.76 Å². The predicted molar refractivity (Wildman–Crippen MR) is 66.4 cm³/mol. The lowest BCUT2D eigenvalue weighted by Gasteiger charge is -2.08. The Morgan fingerprint density at radius 3 is 2.89 bits per heavy atom. The van der Waals surface area contributed by atoms with Crippen molar-refractivity contribution >= 4 is 17.3 Å². The Hall–Kier alpha value is -2.50. The van der Waals surface area contributed by atoms with Gasteiger partial charge in [-0.25, -0.2) is 4.79 Å². The maximum absolute atomic E-state index is 10.8. The van der Waals surface area contributed by atoms with E-state index in [1.165, 1.54) is 12.1 Å². The molecule has 2 aromatic rings. The molecular formula is C12H13N3O3. The SMILES string of the molecule is Cc1cc(CNc2cc(C(=O)O)ccc2N)on1. The summed E-state index contributed by atoms with van der Waals surface area (Å²) in [5.74, 6) is -0.332. The number of nitrogens with two attached hydrogens (primary N) is 1. The normalized spacial score (nSPS) is 10.3. The van der Waals surface area contributed by atoms with E-state index in [0.717, 1.165) is 5.69 Å². The van der Waals surface area contributed by atoms with Crippen molar-refractivity contribution in [2.24, 2.45) is 0 Å². The molecular weight excluding hydrogens is 234 g/mol. The van der Waals surface area contributed by atoms with Crippen LogP contribution in [0, 0.1) is 6.92 Å². The van der Waals surface area contributed by atoms with E-state index < -0.39 is 5.97 Å². The van der Waals surface area contributed by atoms with Gasteiger partial charge < -0.3 is 20.7 Å². The molecule has 1 aromatic carbocycles. The van der Waals surface area contributed by atoms with Crippen LogP contribution in [0.2, 0.25) is 0 Å². The third-order valence-electron chi connectivity index (χ3n) is 2.43. The maximum Gasteiger partial charge on any atom is 0.335 e. The molecule has 0 saturated carbocycles. The standard InChI is InChI=1S/C12H13N3O3/c1-7-4-9(18-15-7)6-14-11-5-8(12(16)17)2-3-10(11)13/h2-5,14H,6,13H2,1H3,(H,16,17). The van der Waals surface area contributed by atoms with Crippen molar-refractivity contribution in [3.63, 3.8) is 0 Å². The molecule has 0 spiro atoms. The van der Waals surface area contributed by atoms with E-state index in [1.54, 1.807) is 12.1 Å². The number of aryl methyl sites for hydroxylation is 1. The number of carboxylic acid groups (broad SMARTS) is 1. The molecule has 0 aliphatic heterocycles. The molecule has 0 saturated heterocycles. The van der Waals surface area contributed by atoms with E-state index in [9.17, 15) is 4.79 Å². The molecule has 6 nitrogen and oxygen atoms in total. The summed E-state index contributed by atoms with van der Waals surface area (Å²) in [4.78, 5) is 10.8. The first kappa shape index (κ1) is 12.0. The average molecular weight is 247 g/mol. The second kappa shape index (κ2) is 4.79. The van der Waals surface area contributed by atoms with Gasteiger partial charge in [-0.3, -0.25) is 0 Å². The summed E-state index contributed by atoms with van der Waals surface area (Å²) in [7, 11) is 0. The zero-order chi connectivity index (χ0) is 13.1. The summed E-state index contributed by atoms with van der Waals surface area (Å²) in [5, 5.41) is 15.7. The van der Waals surface area contributed by atoms with Crippen molar-refractivity contribution in [3.8, 4) is 0 Å². The Labute approximate surface area is 103 Å². The quantitative estimate of drug-likeness (QED) is 0.713. The number of carbonyl (C=O) groups is 1. The number of benzene rings is 1. The zero-order valence-electron chi connectivity index (χ0n) is 9.80. The van der Waals surface area contributed by atoms with Crippen molar-refractivity contribution in [3.05, 3.63) is 41.3 Å². The van der Waals surface area contributed by atoms with Gasteiger partial charge in [-0.2, -0.15) is 0 Å². The van der Waals surface area contributed by atoms with E-state index in [-0.39, 0.29) is 5.56 Å². The fourth-order valence-corrected chi connectivity index (χ4v) is 1.52. The summed E-state index contributed by atoms with van der Waals surface area (Å²) in [6.07, 6.45) is 0. The minimum Gasteiger partial charge on any atom is -0.478 e. The number of aromatic carboxylic acids is 1. The summed E-state index contributed by atoms with van der Waals surface area (Å²) in [6.45, 7) is 2.22. The van der Waals surface area contributed by atoms with E-state index in [1.807, 2.05) is 6.92 Å². The molecule has 1 heterocycles. The van der Waals surface area contributed by atoms with Gasteiger partial charge in [0, 0.05) is 6.07 Å². The number of nitrogens with zero attached hydrogens (tertiary/aromatic N) is 1. The zero-order valence-corrected chi connectivity index (χ0v) is 9.80. The number of carboxylic acids is 1. The number of rotatable bonds is 4. The van der Waals surface area contributed by atoms with Crippen molar-refractivity contribution in [1.82, 2.24) is 5.16 Å². The smallest absolute Gasteiger partial charge is 0.335 e. The van der Waals surface area contributed by atoms with Crippen LogP contribution in [-0.2, 0) is 6.54 Å². The minimum atomic E-state index is -0.992. The molecule has 6 heteroatoms. The summed E-state index contributed by atoms with van der Waals surface area (Å²) >= 11 is 0. The highest BCUT2D eigenvalue weighted by Crippen LogP contribution is 2.21. The Balaban J connectivity index is 2.13. The molecule has 0 unspecified atom stereocenters. The van der Waals surface area contributed by atoms with Crippen molar-refractivity contribution < 1.29 is 14.4 Å². The molecule has 94 valence electrons. The fourth-order valence-electron chi connectivity index (χ4n) is 1.52. The maximum atomic E-state index is 10.8. The van der Waals surface area contributed by atoms with Gasteiger partial charge in [-0.05, 0) is 25.1 Å². The number of hydrogen-bond donors (Lipinski definition) is 3. The lowest BCUT2D eigenvalue weighted by atomic mass is 10.1. The monoisotopic (exact) mass is 247 g/mol. The van der Waals surface area contributed by atoms with Crippen LogP contribution in [0.25, 0.3) is 0 Å². The van der Waals surface area contributed by atoms with E-state index in [4.69, 9.17) is 15.4 Å². The lowest BCUT2D eigenvalue weighted by Crippen LogP contribution is -2.04. The van der Waals surface area contributed by atoms with Crippen LogP contribution >= 0.6 is 0 Å². The predicted octanol–water partition coefficient (Wildman–Crippen LogP) is 1.88. The summed E-state index contributed by atoms with van der Waals surface area (Å²) in [6, 6.07) is 6.30. The Morgan fingerprint density at radius 1 is 1.50 bits per heavy atom. The topological polar surface area (TPSA) is 101 Å². The van der Waals surface area contributed by atoms with Crippen LogP contribution in [0.4, 0.5) is 11.4 Å². The first-order chi connectivity index (χ1) is 8.56. The molecule has 0 radical (unpaired) electrons. The molecule has 0 bridgehead atoms. The Morgan fingerprint density at radius 2 is 2.28 bits per heavy atom. The summed E-state index contributed by atoms with van der Waals surface area (Å²) < 4.78 is 5.03. The average Bonchev–Trinajstić information content (AvgIpc) is 2.74. The minimum absolute atomic E-state index is 0.181. The molecule has 18 heavy (non-hydrogen) atoms. The molecule has 1 aromatic heterocycles. The van der Waals surface area contributed by atoms with Crippen molar-refractivity contribution in [1.29, 1.82) is 0 Å². The largest absolute Gasteiger partial charge is 0.478 e. The number of nitrogens with one attached hydrogen (secondary N) is 1. The van der Waals surface area contributed by atoms with Gasteiger partial charge in [-0.1, -0.05) is 5.16 Å². The second-order valence-electron chi connectivity index (χ2n) is 3.90. The first-order valence-corrected chi connectivity index (χ1v) is 5.35. The number of aromatic nitrogens is 1. The van der Waals surface area contributed by atoms with Gasteiger partial charge in [-0.15, -0.1) is 0 Å². The van der Waals surface area contributed by atoms with Gasteiger partial charge >= 0.3 is 5.97 Å². The van der Waals surface area contributed by atoms with Crippen LogP contribution in [0.5, 0.6) is 0 Å². The van der Waals surface area contributed by atoms with E-state index in [2.05, 4.69) is 10.5 Å². The Kier molecular flexibility index (Phi) is 3.18. The Bertz CT molecular complexity index is 578. The summed E-state index contributed by atoms with van der Waals surface area (Å²) in [5.41, 5.74) is 7.77. The van der Waals surface area contributed by atoms with Crippen LogP contribution in [-0.4, -0.2) is 16.2 Å². The molecule has 0 aliphatic carbocycles. The molecule has 4 N–H and O–H groups in total. The first-order valence-electron chi connectivity index (χ1n) is 5.35. The van der Waals surface area contributed by atoms with Gasteiger partial charge in [0.2, 0.25) is 0 Å². The number of nitrogen functional groups attached to an aromatic ring is 1. The van der Waals surface area contributed by atoms with Gasteiger partial charge in [0.25, 0.3) is 0 Å². The van der Waals surface area contributed by atoms with Crippen LogP contribution < -0.4 is 11.1 Å². The number of hydrogen-bond acceptors (Lipinski definition) is 5. The van der Waals surface area contributed by atoms with Crippen LogP contribution in [0.3, 0.4) is 0 Å². The molecule has 0 fully saturated rings. The van der Waals surface area contributed by atoms with Crippen molar-refractivity contribution in [2.75, 3.05) is 11.1 Å². The van der Waals surface area contributed by atoms with Crippen molar-refractivity contribution in [2.45, 2.75) is 13.5 Å². The molecule has 0 atom stereocenters. The molecule has 0 aliphatic rings. The third kappa shape index (κ3) is 2.60. The molecule has 0 amide bonds. The van der Waals surface area contributed by atoms with Crippen LogP contribution in [0.1, 0.15) is 21.8 Å². The van der Waals surface area contributed by atoms with Crippen LogP contribution in [0.15, 0.2) is 28.8 Å². The number of anilines is 2.